The Hall–Kier alpha value is -1.84. The third-order valence-corrected chi connectivity index (χ3v) is 4.13. The summed E-state index contributed by atoms with van der Waals surface area (Å²) in [6.07, 6.45) is 5.15. The van der Waals surface area contributed by atoms with Crippen molar-refractivity contribution in [1.82, 2.24) is 14.3 Å². The second-order valence-electron chi connectivity index (χ2n) is 5.49. The summed E-state index contributed by atoms with van der Waals surface area (Å²) < 4.78 is 3.13. The van der Waals surface area contributed by atoms with Gasteiger partial charge in [0.1, 0.15) is 6.33 Å². The minimum atomic E-state index is -0.0110. The van der Waals surface area contributed by atoms with E-state index < -0.39 is 0 Å². The van der Waals surface area contributed by atoms with E-state index in [4.69, 9.17) is 0 Å². The number of aryl methyl sites for hydroxylation is 1. The summed E-state index contributed by atoms with van der Waals surface area (Å²) in [7, 11) is 1.74. The van der Waals surface area contributed by atoms with E-state index in [9.17, 15) is 4.79 Å². The summed E-state index contributed by atoms with van der Waals surface area (Å²) in [6.45, 7) is 0.753. The highest BCUT2D eigenvalue weighted by molar-refractivity contribution is 5.20. The van der Waals surface area contributed by atoms with E-state index in [0.717, 1.165) is 13.0 Å². The lowest BCUT2D eigenvalue weighted by molar-refractivity contribution is 0.413. The van der Waals surface area contributed by atoms with Crippen LogP contribution in [-0.4, -0.2) is 14.3 Å². The van der Waals surface area contributed by atoms with Crippen LogP contribution in [0.3, 0.4) is 0 Å². The van der Waals surface area contributed by atoms with Crippen molar-refractivity contribution in [3.63, 3.8) is 0 Å². The van der Waals surface area contributed by atoms with Crippen LogP contribution < -0.4 is 5.69 Å². The molecule has 1 saturated carbocycles. The molecule has 3 rings (SSSR count). The molecule has 4 nitrogen and oxygen atoms in total. The molecule has 1 aromatic heterocycles. The Kier molecular flexibility index (Phi) is 3.23. The molecule has 0 bridgehead atoms. The molecular formula is C15H19N3O. The zero-order valence-electron chi connectivity index (χ0n) is 11.2. The van der Waals surface area contributed by atoms with Crippen LogP contribution in [0.2, 0.25) is 0 Å². The standard InChI is InChI=1S/C15H19N3O/c1-17-11-16-18(15(17)19)10-12-7-8-14(9-12)13-5-3-2-4-6-13/h2-6,11-12,14H,7-10H2,1H3/t12-,14-/m1/s1. The summed E-state index contributed by atoms with van der Waals surface area (Å²) in [4.78, 5) is 11.8. The largest absolute Gasteiger partial charge is 0.345 e. The van der Waals surface area contributed by atoms with Crippen molar-refractivity contribution in [2.24, 2.45) is 13.0 Å². The predicted molar refractivity (Wildman–Crippen MR) is 74.0 cm³/mol. The highest BCUT2D eigenvalue weighted by Gasteiger charge is 2.26. The molecule has 0 amide bonds. The Morgan fingerprint density at radius 3 is 2.74 bits per heavy atom. The molecule has 0 saturated heterocycles. The fourth-order valence-electron chi connectivity index (χ4n) is 3.06. The number of hydrogen-bond donors (Lipinski definition) is 0. The first-order valence-electron chi connectivity index (χ1n) is 6.87. The van der Waals surface area contributed by atoms with Gasteiger partial charge in [0, 0.05) is 13.6 Å². The Balaban J connectivity index is 1.67. The Bertz CT molecular complexity index is 599. The van der Waals surface area contributed by atoms with Crippen molar-refractivity contribution >= 4 is 0 Å². The SMILES string of the molecule is Cn1cnn(C[C@@H]2CC[C@@H](c3ccccc3)C2)c1=O. The van der Waals surface area contributed by atoms with E-state index in [1.165, 1.54) is 23.0 Å². The lowest BCUT2D eigenvalue weighted by Gasteiger charge is -2.11. The van der Waals surface area contributed by atoms with E-state index >= 15 is 0 Å². The molecule has 0 aliphatic heterocycles. The lowest BCUT2D eigenvalue weighted by atomic mass is 9.96. The number of benzene rings is 1. The first-order valence-corrected chi connectivity index (χ1v) is 6.87. The Labute approximate surface area is 112 Å². The van der Waals surface area contributed by atoms with Crippen LogP contribution in [0.4, 0.5) is 0 Å². The number of aromatic nitrogens is 3. The maximum absolute atomic E-state index is 11.8. The molecule has 1 aromatic carbocycles. The Morgan fingerprint density at radius 2 is 2.05 bits per heavy atom. The van der Waals surface area contributed by atoms with E-state index in [2.05, 4.69) is 35.4 Å². The summed E-state index contributed by atoms with van der Waals surface area (Å²) >= 11 is 0. The van der Waals surface area contributed by atoms with Crippen molar-refractivity contribution < 1.29 is 0 Å². The second-order valence-corrected chi connectivity index (χ2v) is 5.49. The summed E-state index contributed by atoms with van der Waals surface area (Å²) in [5.41, 5.74) is 1.42. The van der Waals surface area contributed by atoms with Gasteiger partial charge in [0.25, 0.3) is 0 Å². The minimum Gasteiger partial charge on any atom is -0.285 e. The highest BCUT2D eigenvalue weighted by Crippen LogP contribution is 2.38. The predicted octanol–water partition coefficient (Wildman–Crippen LogP) is 2.17. The topological polar surface area (TPSA) is 39.8 Å². The van der Waals surface area contributed by atoms with E-state index in [-0.39, 0.29) is 5.69 Å². The summed E-state index contributed by atoms with van der Waals surface area (Å²) in [6, 6.07) is 10.7. The van der Waals surface area contributed by atoms with Gasteiger partial charge in [-0.2, -0.15) is 5.10 Å². The molecule has 4 heteroatoms. The molecule has 1 aliphatic carbocycles. The molecule has 1 fully saturated rings. The van der Waals surface area contributed by atoms with Gasteiger partial charge >= 0.3 is 5.69 Å². The van der Waals surface area contributed by atoms with Gasteiger partial charge in [0.15, 0.2) is 0 Å². The van der Waals surface area contributed by atoms with E-state index in [0.29, 0.717) is 11.8 Å². The van der Waals surface area contributed by atoms with Crippen LogP contribution in [0.15, 0.2) is 41.5 Å². The molecule has 0 spiro atoms. The van der Waals surface area contributed by atoms with Crippen molar-refractivity contribution in [2.75, 3.05) is 0 Å². The molecule has 100 valence electrons. The van der Waals surface area contributed by atoms with Crippen LogP contribution in [0.25, 0.3) is 0 Å². The first kappa shape index (κ1) is 12.2. The smallest absolute Gasteiger partial charge is 0.285 e. The van der Waals surface area contributed by atoms with Crippen LogP contribution >= 0.6 is 0 Å². The third kappa shape index (κ3) is 2.48. The normalized spacial score (nSPS) is 22.8. The fourth-order valence-corrected chi connectivity index (χ4v) is 3.06. The average Bonchev–Trinajstić information content (AvgIpc) is 3.02. The molecule has 1 heterocycles. The van der Waals surface area contributed by atoms with Crippen LogP contribution in [0, 0.1) is 5.92 Å². The monoisotopic (exact) mass is 257 g/mol. The molecule has 2 aromatic rings. The lowest BCUT2D eigenvalue weighted by Crippen LogP contribution is -2.25. The van der Waals surface area contributed by atoms with Gasteiger partial charge in [-0.1, -0.05) is 30.3 Å². The molecule has 19 heavy (non-hydrogen) atoms. The van der Waals surface area contributed by atoms with Gasteiger partial charge in [0.05, 0.1) is 0 Å². The van der Waals surface area contributed by atoms with Gasteiger partial charge in [0.2, 0.25) is 0 Å². The van der Waals surface area contributed by atoms with Gasteiger partial charge in [-0.15, -0.1) is 0 Å². The Morgan fingerprint density at radius 1 is 1.26 bits per heavy atom. The van der Waals surface area contributed by atoms with E-state index in [1.807, 2.05) is 0 Å². The van der Waals surface area contributed by atoms with Crippen LogP contribution in [0.1, 0.15) is 30.7 Å². The van der Waals surface area contributed by atoms with Gasteiger partial charge in [-0.25, -0.2) is 9.48 Å². The zero-order chi connectivity index (χ0) is 13.2. The minimum absolute atomic E-state index is 0.0110. The van der Waals surface area contributed by atoms with Crippen LogP contribution in [0.5, 0.6) is 0 Å². The second kappa shape index (κ2) is 5.03. The van der Waals surface area contributed by atoms with Gasteiger partial charge < -0.3 is 0 Å². The van der Waals surface area contributed by atoms with Crippen molar-refractivity contribution in [2.45, 2.75) is 31.7 Å². The number of nitrogens with zero attached hydrogens (tertiary/aromatic N) is 3. The van der Waals surface area contributed by atoms with E-state index in [1.54, 1.807) is 18.1 Å². The zero-order valence-corrected chi connectivity index (χ0v) is 11.2. The molecule has 1 aliphatic rings. The number of rotatable bonds is 3. The van der Waals surface area contributed by atoms with Crippen molar-refractivity contribution in [3.8, 4) is 0 Å². The maximum atomic E-state index is 11.8. The molecule has 0 radical (unpaired) electrons. The van der Waals surface area contributed by atoms with Crippen molar-refractivity contribution in [1.29, 1.82) is 0 Å². The van der Waals surface area contributed by atoms with Gasteiger partial charge in [-0.05, 0) is 36.7 Å². The van der Waals surface area contributed by atoms with Gasteiger partial charge in [-0.3, -0.25) is 4.57 Å². The molecular weight excluding hydrogens is 238 g/mol. The van der Waals surface area contributed by atoms with Crippen LogP contribution in [-0.2, 0) is 13.6 Å². The number of hydrogen-bond acceptors (Lipinski definition) is 2. The summed E-state index contributed by atoms with van der Waals surface area (Å²) in [5.74, 6) is 1.21. The third-order valence-electron chi connectivity index (χ3n) is 4.13. The molecule has 0 unspecified atom stereocenters. The van der Waals surface area contributed by atoms with Crippen molar-refractivity contribution in [3.05, 3.63) is 52.7 Å². The quantitative estimate of drug-likeness (QED) is 0.845. The molecule has 2 atom stereocenters. The molecule has 0 N–H and O–H groups in total. The average molecular weight is 257 g/mol. The summed E-state index contributed by atoms with van der Waals surface area (Å²) in [5, 5.41) is 4.14. The fraction of sp³-hybridized carbons (Fsp3) is 0.467. The maximum Gasteiger partial charge on any atom is 0.345 e. The first-order chi connectivity index (χ1) is 9.24. The highest BCUT2D eigenvalue weighted by atomic mass is 16.2.